The summed E-state index contributed by atoms with van der Waals surface area (Å²) < 4.78 is 183. The van der Waals surface area contributed by atoms with Crippen LogP contribution in [0.3, 0.4) is 0 Å². The van der Waals surface area contributed by atoms with E-state index in [1.807, 2.05) is 65.6 Å². The van der Waals surface area contributed by atoms with Crippen molar-refractivity contribution in [1.29, 1.82) is 0 Å². The van der Waals surface area contributed by atoms with Crippen LogP contribution in [0.4, 0.5) is 48.3 Å². The Kier molecular flexibility index (Phi) is 20.6. The molecule has 0 spiro atoms. The number of alkyl halides is 9. The van der Waals surface area contributed by atoms with Gasteiger partial charge >= 0.3 is 24.1 Å². The summed E-state index contributed by atoms with van der Waals surface area (Å²) in [7, 11) is 5.58. The summed E-state index contributed by atoms with van der Waals surface area (Å²) in [5, 5.41) is 0. The summed E-state index contributed by atoms with van der Waals surface area (Å²) in [6, 6.07) is 8.54. The molecule has 1 heterocycles. The number of ether oxygens (including phenoxy) is 6. The van der Waals surface area contributed by atoms with Crippen LogP contribution in [0.2, 0.25) is 0 Å². The average Bonchev–Trinajstić information content (AvgIpc) is 3.62. The minimum atomic E-state index is -6.77. The normalized spacial score (nSPS) is 24.0. The lowest BCUT2D eigenvalue weighted by Gasteiger charge is -2.50. The Morgan fingerprint density at radius 3 is 2.10 bits per heavy atom. The van der Waals surface area contributed by atoms with Crippen LogP contribution in [-0.4, -0.2) is 106 Å². The minimum absolute atomic E-state index is 0.0204. The molecule has 4 aliphatic rings. The maximum absolute atomic E-state index is 15.3. The highest BCUT2D eigenvalue weighted by molar-refractivity contribution is 8.76. The van der Waals surface area contributed by atoms with Gasteiger partial charge in [-0.15, -0.1) is 0 Å². The molecule has 71 heavy (non-hydrogen) atoms. The molecule has 1 saturated heterocycles. The number of fused-ring (bicyclic) bond motifs is 5. The van der Waals surface area contributed by atoms with Gasteiger partial charge in [-0.3, -0.25) is 0 Å². The van der Waals surface area contributed by atoms with Crippen molar-refractivity contribution in [2.75, 3.05) is 64.7 Å². The first-order valence-corrected chi connectivity index (χ1v) is 27.4. The first-order chi connectivity index (χ1) is 33.5. The summed E-state index contributed by atoms with van der Waals surface area (Å²) in [5.74, 6) is 2.11. The van der Waals surface area contributed by atoms with Gasteiger partial charge in [0.1, 0.15) is 24.0 Å². The van der Waals surface area contributed by atoms with Gasteiger partial charge in [-0.2, -0.15) is 39.5 Å². The van der Waals surface area contributed by atoms with E-state index in [-0.39, 0.29) is 48.7 Å². The fourth-order valence-electron chi connectivity index (χ4n) is 11.1. The molecule has 7 nitrogen and oxygen atoms in total. The molecule has 2 aromatic carbocycles. The van der Waals surface area contributed by atoms with E-state index in [4.69, 9.17) is 23.7 Å². The van der Waals surface area contributed by atoms with Crippen molar-refractivity contribution >= 4 is 21.6 Å². The molecule has 2 aromatic rings. The highest BCUT2D eigenvalue weighted by atomic mass is 33.1. The monoisotopic (exact) mass is 1070 g/mol. The number of rotatable bonds is 26. The van der Waals surface area contributed by atoms with Crippen molar-refractivity contribution in [2.45, 2.75) is 159 Å². The number of nitrogens with zero attached hydrogens (tertiary/aromatic N) is 1. The van der Waals surface area contributed by atoms with Crippen LogP contribution < -0.4 is 4.74 Å². The quantitative estimate of drug-likeness (QED) is 0.0521. The third-order valence-electron chi connectivity index (χ3n) is 14.9. The molecule has 6 rings (SSSR count). The molecule has 3 aliphatic carbocycles. The lowest BCUT2D eigenvalue weighted by Crippen LogP contribution is -2.67. The number of halogens is 11. The van der Waals surface area contributed by atoms with Gasteiger partial charge in [0.05, 0.1) is 32.5 Å². The number of unbranched alkanes of at least 4 members (excludes halogenated alkanes) is 3. The molecule has 3 unspecified atom stereocenters. The van der Waals surface area contributed by atoms with Crippen LogP contribution in [0.1, 0.15) is 126 Å². The molecule has 0 aromatic heterocycles. The molecule has 0 bridgehead atoms. The van der Waals surface area contributed by atoms with Crippen LogP contribution in [-0.2, 0) is 43.3 Å². The minimum Gasteiger partial charge on any atom is -0.489 e. The molecular weight excluding hydrogens is 996 g/mol. The lowest BCUT2D eigenvalue weighted by atomic mass is 9.55. The van der Waals surface area contributed by atoms with Gasteiger partial charge in [-0.05, 0) is 162 Å². The standard InChI is InChI=1S/C51H70F11NO6S2/c1-46(2)68-32-34(33-69-46)11-9-21-64-24-26-71-70-25-8-6-5-7-20-63(4)30-41-43(52)27-35(28-44(41)53)31-66-37-13-15-38-36(29-37)12-14-40-39(38)18-19-47(3)42(40)16-17-45(47)65-22-10-23-67-48(49(54,55)56,50(57,58)59)51(60,61)62/h13,15,27-29,34,39-40,42,45H,5-12,14,16-26,30-33H2,1-4H3/t39?,40?,42?,45-,47-/m0/s1. The van der Waals surface area contributed by atoms with Gasteiger partial charge in [0.2, 0.25) is 0 Å². The van der Waals surface area contributed by atoms with E-state index in [2.05, 4.69) is 11.7 Å². The third kappa shape index (κ3) is 14.9. The van der Waals surface area contributed by atoms with Crippen LogP contribution in [0.25, 0.3) is 0 Å². The summed E-state index contributed by atoms with van der Waals surface area (Å²) in [4.78, 5) is 1.94. The Hall–Kier alpha value is -2.07. The van der Waals surface area contributed by atoms with Crippen LogP contribution in [0.15, 0.2) is 30.3 Å². The smallest absolute Gasteiger partial charge is 0.435 e. The van der Waals surface area contributed by atoms with Crippen LogP contribution >= 0.6 is 21.6 Å². The molecule has 2 saturated carbocycles. The lowest BCUT2D eigenvalue weighted by molar-refractivity contribution is -0.457. The third-order valence-corrected chi connectivity index (χ3v) is 17.4. The Labute approximate surface area is 419 Å². The van der Waals surface area contributed by atoms with Gasteiger partial charge in [0, 0.05) is 42.7 Å². The van der Waals surface area contributed by atoms with E-state index in [0.717, 1.165) is 121 Å². The van der Waals surface area contributed by atoms with Crippen molar-refractivity contribution < 1.29 is 76.7 Å². The van der Waals surface area contributed by atoms with Gasteiger partial charge in [0.15, 0.2) is 5.79 Å². The van der Waals surface area contributed by atoms with Gasteiger partial charge < -0.3 is 33.3 Å². The van der Waals surface area contributed by atoms with Crippen molar-refractivity contribution in [1.82, 2.24) is 4.90 Å². The predicted molar refractivity (Wildman–Crippen MR) is 252 cm³/mol. The van der Waals surface area contributed by atoms with Crippen molar-refractivity contribution in [3.05, 3.63) is 64.2 Å². The predicted octanol–water partition coefficient (Wildman–Crippen LogP) is 14.2. The maximum Gasteiger partial charge on any atom is 0.435 e. The average molecular weight is 1070 g/mol. The number of hydrogen-bond acceptors (Lipinski definition) is 9. The van der Waals surface area contributed by atoms with Crippen LogP contribution in [0, 0.1) is 34.8 Å². The second-order valence-electron chi connectivity index (χ2n) is 20.4. The Bertz CT molecular complexity index is 1920. The first kappa shape index (κ1) is 58.2. The molecule has 3 fully saturated rings. The van der Waals surface area contributed by atoms with Crippen LogP contribution in [0.5, 0.6) is 5.75 Å². The van der Waals surface area contributed by atoms with E-state index >= 15 is 8.78 Å². The summed E-state index contributed by atoms with van der Waals surface area (Å²) in [5.41, 5.74) is -3.89. The second-order valence-corrected chi connectivity index (χ2v) is 23.1. The van der Waals surface area contributed by atoms with Gasteiger partial charge in [0.25, 0.3) is 0 Å². The number of hydrogen-bond donors (Lipinski definition) is 0. The number of aryl methyl sites for hydroxylation is 1. The zero-order valence-electron chi connectivity index (χ0n) is 41.1. The SMILES string of the molecule is CN(CCCCCCSSCCOCCCC1COC(C)(C)OC1)Cc1c(F)cc(COc2ccc3c(c2)CCC2C3CC[C@@]3(C)C2CC[C@@H]3OCCCOC(C(F)(F)F)(C(F)(F)F)C(F)(F)F)cc1F. The maximum atomic E-state index is 15.3. The molecule has 20 heteroatoms. The molecule has 404 valence electrons. The number of benzene rings is 2. The largest absolute Gasteiger partial charge is 0.489 e. The fourth-order valence-corrected chi connectivity index (χ4v) is 13.1. The van der Waals surface area contributed by atoms with Gasteiger partial charge in [-0.1, -0.05) is 47.4 Å². The van der Waals surface area contributed by atoms with E-state index in [1.54, 1.807) is 0 Å². The summed E-state index contributed by atoms with van der Waals surface area (Å²) >= 11 is 0. The van der Waals surface area contributed by atoms with Crippen molar-refractivity contribution in [2.24, 2.45) is 23.2 Å². The fraction of sp³-hybridized carbons (Fsp3) is 0.765. The van der Waals surface area contributed by atoms with E-state index in [9.17, 15) is 39.5 Å². The highest BCUT2D eigenvalue weighted by Gasteiger charge is 2.85. The molecule has 0 N–H and O–H groups in total. The summed E-state index contributed by atoms with van der Waals surface area (Å²) in [6.45, 7) is 7.98. The van der Waals surface area contributed by atoms with E-state index in [1.165, 1.54) is 17.7 Å². The summed E-state index contributed by atoms with van der Waals surface area (Å²) in [6.07, 6.45) is -10.4. The molecule has 5 atom stereocenters. The Balaban J connectivity index is 0.854. The van der Waals surface area contributed by atoms with E-state index < -0.39 is 54.6 Å². The second kappa shape index (κ2) is 25.2. The van der Waals surface area contributed by atoms with E-state index in [0.29, 0.717) is 29.6 Å². The van der Waals surface area contributed by atoms with Gasteiger partial charge in [-0.25, -0.2) is 8.78 Å². The Morgan fingerprint density at radius 2 is 1.41 bits per heavy atom. The zero-order chi connectivity index (χ0) is 51.7. The van der Waals surface area contributed by atoms with Crippen molar-refractivity contribution in [3.63, 3.8) is 0 Å². The molecular formula is C51H70F11NO6S2. The molecule has 0 amide bonds. The first-order valence-electron chi connectivity index (χ1n) is 24.9. The highest BCUT2D eigenvalue weighted by Crippen LogP contribution is 2.62. The molecule has 1 aliphatic heterocycles. The van der Waals surface area contributed by atoms with Crippen molar-refractivity contribution in [3.8, 4) is 5.75 Å². The zero-order valence-corrected chi connectivity index (χ0v) is 42.7. The topological polar surface area (TPSA) is 58.6 Å². The molecule has 0 radical (unpaired) electrons. The Morgan fingerprint density at radius 1 is 0.732 bits per heavy atom.